The Hall–Kier alpha value is -1.13. The van der Waals surface area contributed by atoms with Gasteiger partial charge in [-0.05, 0) is 26.1 Å². The average molecular weight is 223 g/mol. The summed E-state index contributed by atoms with van der Waals surface area (Å²) in [6.07, 6.45) is 1.85. The van der Waals surface area contributed by atoms with Crippen LogP contribution < -0.4 is 10.2 Å². The van der Waals surface area contributed by atoms with E-state index in [0.717, 1.165) is 18.8 Å². The minimum Gasteiger partial charge on any atom is -0.383 e. The van der Waals surface area contributed by atoms with Crippen LogP contribution in [0.25, 0.3) is 0 Å². The van der Waals surface area contributed by atoms with E-state index in [-0.39, 0.29) is 0 Å². The molecule has 4 heteroatoms. The zero-order chi connectivity index (χ0) is 12.0. The molecule has 0 fully saturated rings. The van der Waals surface area contributed by atoms with Crippen LogP contribution in [0.5, 0.6) is 0 Å². The number of hydrogen-bond acceptors (Lipinski definition) is 4. The van der Waals surface area contributed by atoms with E-state index in [9.17, 15) is 0 Å². The lowest BCUT2D eigenvalue weighted by atomic mass is 10.2. The molecule has 4 nitrogen and oxygen atoms in total. The molecule has 1 aromatic heterocycles. The zero-order valence-corrected chi connectivity index (χ0v) is 10.5. The zero-order valence-electron chi connectivity index (χ0n) is 10.5. The fourth-order valence-corrected chi connectivity index (χ4v) is 1.57. The molecule has 90 valence electrons. The lowest BCUT2D eigenvalue weighted by Crippen LogP contribution is -2.32. The van der Waals surface area contributed by atoms with Crippen LogP contribution in [0.1, 0.15) is 12.6 Å². The molecule has 0 amide bonds. The Balaban J connectivity index is 2.74. The normalized spacial score (nSPS) is 12.5. The third-order valence-electron chi connectivity index (χ3n) is 2.63. The van der Waals surface area contributed by atoms with Gasteiger partial charge in [0.1, 0.15) is 0 Å². The summed E-state index contributed by atoms with van der Waals surface area (Å²) < 4.78 is 5.15. The minimum atomic E-state index is 0.356. The smallest absolute Gasteiger partial charge is 0.0663 e. The minimum absolute atomic E-state index is 0.356. The molecule has 1 unspecified atom stereocenters. The maximum Gasteiger partial charge on any atom is 0.0663 e. The number of rotatable bonds is 6. The van der Waals surface area contributed by atoms with Gasteiger partial charge in [-0.2, -0.15) is 0 Å². The number of nitrogens with zero attached hydrogens (tertiary/aromatic N) is 2. The van der Waals surface area contributed by atoms with Crippen molar-refractivity contribution in [2.45, 2.75) is 19.5 Å². The second-order valence-corrected chi connectivity index (χ2v) is 3.95. The van der Waals surface area contributed by atoms with Crippen LogP contribution in [0.15, 0.2) is 18.3 Å². The third kappa shape index (κ3) is 3.47. The second kappa shape index (κ2) is 6.45. The van der Waals surface area contributed by atoms with Crippen LogP contribution in [0.4, 0.5) is 5.69 Å². The Morgan fingerprint density at radius 3 is 2.94 bits per heavy atom. The molecule has 1 rings (SSSR count). The molecule has 0 aromatic carbocycles. The Morgan fingerprint density at radius 2 is 2.31 bits per heavy atom. The van der Waals surface area contributed by atoms with Crippen molar-refractivity contribution in [1.82, 2.24) is 10.3 Å². The molecule has 1 N–H and O–H groups in total. The lowest BCUT2D eigenvalue weighted by Gasteiger charge is -2.26. The predicted octanol–water partition coefficient (Wildman–Crippen LogP) is 1.27. The number of ether oxygens (including phenoxy) is 1. The van der Waals surface area contributed by atoms with E-state index >= 15 is 0 Å². The van der Waals surface area contributed by atoms with Gasteiger partial charge < -0.3 is 15.0 Å². The highest BCUT2D eigenvalue weighted by Crippen LogP contribution is 2.15. The highest BCUT2D eigenvalue weighted by molar-refractivity contribution is 5.46. The van der Waals surface area contributed by atoms with Crippen LogP contribution >= 0.6 is 0 Å². The first-order chi connectivity index (χ1) is 7.69. The van der Waals surface area contributed by atoms with E-state index in [1.54, 1.807) is 7.11 Å². The summed E-state index contributed by atoms with van der Waals surface area (Å²) in [6, 6.07) is 4.48. The fraction of sp³-hybridized carbons (Fsp3) is 0.583. The summed E-state index contributed by atoms with van der Waals surface area (Å²) in [5.41, 5.74) is 2.22. The second-order valence-electron chi connectivity index (χ2n) is 3.95. The van der Waals surface area contributed by atoms with E-state index in [4.69, 9.17) is 4.74 Å². The van der Waals surface area contributed by atoms with Gasteiger partial charge in [0.05, 0.1) is 12.3 Å². The first kappa shape index (κ1) is 12.9. The first-order valence-corrected chi connectivity index (χ1v) is 5.50. The molecule has 0 bridgehead atoms. The highest BCUT2D eigenvalue weighted by atomic mass is 16.5. The number of nitrogens with one attached hydrogen (secondary N) is 1. The maximum absolute atomic E-state index is 5.15. The van der Waals surface area contributed by atoms with Gasteiger partial charge in [0.15, 0.2) is 0 Å². The summed E-state index contributed by atoms with van der Waals surface area (Å²) in [4.78, 5) is 6.50. The van der Waals surface area contributed by atoms with E-state index in [1.165, 1.54) is 5.69 Å². The molecule has 1 atom stereocenters. The fourth-order valence-electron chi connectivity index (χ4n) is 1.57. The topological polar surface area (TPSA) is 37.4 Å². The Bertz CT molecular complexity index is 317. The van der Waals surface area contributed by atoms with Crippen molar-refractivity contribution >= 4 is 5.69 Å². The largest absolute Gasteiger partial charge is 0.383 e. The molecule has 0 aliphatic rings. The van der Waals surface area contributed by atoms with E-state index in [1.807, 2.05) is 19.3 Å². The van der Waals surface area contributed by atoms with E-state index < -0.39 is 0 Å². The first-order valence-electron chi connectivity index (χ1n) is 5.50. The lowest BCUT2D eigenvalue weighted by molar-refractivity contribution is 0.183. The van der Waals surface area contributed by atoms with Crippen LogP contribution in [-0.2, 0) is 11.3 Å². The average Bonchev–Trinajstić information content (AvgIpc) is 2.29. The standard InChI is InChI=1S/C12H21N3O/c1-10(9-16-4)15(3)12-5-6-14-11(7-12)8-13-2/h5-7,10,13H,8-9H2,1-4H3. The van der Waals surface area contributed by atoms with Crippen molar-refractivity contribution in [3.8, 4) is 0 Å². The van der Waals surface area contributed by atoms with Crippen molar-refractivity contribution < 1.29 is 4.74 Å². The van der Waals surface area contributed by atoms with Crippen molar-refractivity contribution in [2.24, 2.45) is 0 Å². The number of likely N-dealkylation sites (N-methyl/N-ethyl adjacent to an activating group) is 1. The SMILES string of the molecule is CNCc1cc(N(C)C(C)COC)ccn1. The Kier molecular flexibility index (Phi) is 5.22. The van der Waals surface area contributed by atoms with Gasteiger partial charge in [-0.15, -0.1) is 0 Å². The van der Waals surface area contributed by atoms with Gasteiger partial charge in [-0.25, -0.2) is 0 Å². The van der Waals surface area contributed by atoms with Gasteiger partial charge in [-0.1, -0.05) is 0 Å². The van der Waals surface area contributed by atoms with Crippen LogP contribution in [0.3, 0.4) is 0 Å². The third-order valence-corrected chi connectivity index (χ3v) is 2.63. The van der Waals surface area contributed by atoms with Gasteiger partial charge in [0.2, 0.25) is 0 Å². The quantitative estimate of drug-likeness (QED) is 0.788. The maximum atomic E-state index is 5.15. The Morgan fingerprint density at radius 1 is 1.56 bits per heavy atom. The monoisotopic (exact) mass is 223 g/mol. The number of anilines is 1. The van der Waals surface area contributed by atoms with Crippen molar-refractivity contribution in [3.63, 3.8) is 0 Å². The van der Waals surface area contributed by atoms with E-state index in [2.05, 4.69) is 35.2 Å². The summed E-state index contributed by atoms with van der Waals surface area (Å²) >= 11 is 0. The highest BCUT2D eigenvalue weighted by Gasteiger charge is 2.10. The van der Waals surface area contributed by atoms with Crippen LogP contribution in [-0.4, -0.2) is 38.8 Å². The molecular weight excluding hydrogens is 202 g/mol. The molecule has 0 spiro atoms. The summed E-state index contributed by atoms with van der Waals surface area (Å²) in [5, 5.41) is 3.10. The number of hydrogen-bond donors (Lipinski definition) is 1. The van der Waals surface area contributed by atoms with Gasteiger partial charge >= 0.3 is 0 Å². The molecule has 0 aliphatic carbocycles. The van der Waals surface area contributed by atoms with Gasteiger partial charge in [-0.3, -0.25) is 4.98 Å². The molecule has 1 heterocycles. The molecular formula is C12H21N3O. The number of pyridine rings is 1. The molecule has 0 aliphatic heterocycles. The van der Waals surface area contributed by atoms with Gasteiger partial charge in [0.25, 0.3) is 0 Å². The Labute approximate surface area is 97.6 Å². The summed E-state index contributed by atoms with van der Waals surface area (Å²) in [6.45, 7) is 3.65. The van der Waals surface area contributed by atoms with Crippen LogP contribution in [0, 0.1) is 0 Å². The van der Waals surface area contributed by atoms with Crippen molar-refractivity contribution in [3.05, 3.63) is 24.0 Å². The molecule has 0 radical (unpaired) electrons. The van der Waals surface area contributed by atoms with E-state index in [0.29, 0.717) is 6.04 Å². The summed E-state index contributed by atoms with van der Waals surface area (Å²) in [5.74, 6) is 0. The molecule has 16 heavy (non-hydrogen) atoms. The number of aromatic nitrogens is 1. The summed E-state index contributed by atoms with van der Waals surface area (Å²) in [7, 11) is 5.72. The molecule has 0 saturated heterocycles. The molecule has 1 aromatic rings. The van der Waals surface area contributed by atoms with Crippen LogP contribution in [0.2, 0.25) is 0 Å². The van der Waals surface area contributed by atoms with Crippen molar-refractivity contribution in [2.75, 3.05) is 32.7 Å². The molecule has 0 saturated carbocycles. The number of methoxy groups -OCH3 is 1. The predicted molar refractivity (Wildman–Crippen MR) is 66.7 cm³/mol. The van der Waals surface area contributed by atoms with Gasteiger partial charge in [0, 0.05) is 38.6 Å². The van der Waals surface area contributed by atoms with Crippen molar-refractivity contribution in [1.29, 1.82) is 0 Å².